The molecule has 240 valence electrons. The van der Waals surface area contributed by atoms with E-state index < -0.39 is 5.97 Å². The molecule has 0 bridgehead atoms. The van der Waals surface area contributed by atoms with Crippen LogP contribution in [0.4, 0.5) is 17.1 Å². The van der Waals surface area contributed by atoms with Crippen LogP contribution in [0.3, 0.4) is 0 Å². The normalized spacial score (nSPS) is 21.8. The molecule has 1 aliphatic carbocycles. The largest absolute Gasteiger partial charge is 0.478 e. The van der Waals surface area contributed by atoms with E-state index in [9.17, 15) is 9.90 Å². The van der Waals surface area contributed by atoms with Crippen LogP contribution < -0.4 is 14.5 Å². The van der Waals surface area contributed by atoms with Gasteiger partial charge in [0.25, 0.3) is 0 Å². The molecule has 4 aromatic rings. The number of benzene rings is 2. The van der Waals surface area contributed by atoms with Gasteiger partial charge in [-0.05, 0) is 104 Å². The second kappa shape index (κ2) is 11.6. The van der Waals surface area contributed by atoms with E-state index in [1.54, 1.807) is 11.6 Å². The Bertz CT molecular complexity index is 1750. The fourth-order valence-electron chi connectivity index (χ4n) is 8.86. The number of carbonyl (C=O) groups is 1. The van der Waals surface area contributed by atoms with E-state index in [2.05, 4.69) is 69.9 Å². The average Bonchev–Trinajstić information content (AvgIpc) is 3.68. The zero-order valence-electron chi connectivity index (χ0n) is 27.0. The number of pyridine rings is 1. The number of H-pyrrole nitrogens is 1. The topological polar surface area (TPSA) is 84.9 Å². The molecule has 8 rings (SSSR count). The van der Waals surface area contributed by atoms with Gasteiger partial charge in [0, 0.05) is 49.0 Å². The molecule has 4 aliphatic rings. The maximum absolute atomic E-state index is 12.5. The fourth-order valence-corrected chi connectivity index (χ4v) is 8.86. The van der Waals surface area contributed by atoms with Crippen molar-refractivity contribution < 1.29 is 14.6 Å². The summed E-state index contributed by atoms with van der Waals surface area (Å²) < 4.78 is 6.03. The number of likely N-dealkylation sites (tertiary alicyclic amines) is 1. The second-order valence-corrected chi connectivity index (χ2v) is 14.3. The van der Waals surface area contributed by atoms with Gasteiger partial charge in [-0.15, -0.1) is 0 Å². The van der Waals surface area contributed by atoms with E-state index in [0.29, 0.717) is 53.7 Å². The minimum atomic E-state index is -0.918. The number of piperidine rings is 1. The molecule has 0 radical (unpaired) electrons. The van der Waals surface area contributed by atoms with Crippen LogP contribution in [0.2, 0.25) is 0 Å². The minimum absolute atomic E-state index is 0.306. The minimum Gasteiger partial charge on any atom is -0.478 e. The zero-order chi connectivity index (χ0) is 31.4. The average molecular weight is 620 g/mol. The number of rotatable bonds is 6. The molecule has 8 heteroatoms. The molecule has 2 aromatic heterocycles. The van der Waals surface area contributed by atoms with Crippen LogP contribution in [0.25, 0.3) is 11.0 Å². The Balaban J connectivity index is 0.990. The van der Waals surface area contributed by atoms with Crippen molar-refractivity contribution in [1.29, 1.82) is 0 Å². The number of fused-ring (bicyclic) bond motifs is 2. The van der Waals surface area contributed by atoms with Crippen molar-refractivity contribution in [3.05, 3.63) is 77.5 Å². The van der Waals surface area contributed by atoms with Crippen molar-refractivity contribution >= 4 is 34.1 Å². The molecule has 2 aromatic carbocycles. The number of carboxylic acid groups (broad SMARTS) is 1. The highest BCUT2D eigenvalue weighted by atomic mass is 16.5. The molecular formula is C38H45N5O3. The summed E-state index contributed by atoms with van der Waals surface area (Å²) in [6.07, 6.45) is 10.2. The molecule has 8 nitrogen and oxygen atoms in total. The van der Waals surface area contributed by atoms with E-state index >= 15 is 0 Å². The molecule has 0 unspecified atom stereocenters. The molecule has 1 spiro atoms. The van der Waals surface area contributed by atoms with E-state index in [1.807, 2.05) is 18.3 Å². The number of hydrogen-bond donors (Lipinski definition) is 2. The lowest BCUT2D eigenvalue weighted by Gasteiger charge is -2.56. The van der Waals surface area contributed by atoms with Gasteiger partial charge in [0.2, 0.25) is 5.88 Å². The number of aromatic amines is 1. The summed E-state index contributed by atoms with van der Waals surface area (Å²) >= 11 is 0. The van der Waals surface area contributed by atoms with Crippen molar-refractivity contribution in [2.24, 2.45) is 5.41 Å². The van der Waals surface area contributed by atoms with Crippen LogP contribution >= 0.6 is 0 Å². The van der Waals surface area contributed by atoms with E-state index in [4.69, 9.17) is 9.72 Å². The lowest BCUT2D eigenvalue weighted by Crippen LogP contribution is -2.55. The standard InChI is InChI=1S/C38H45N5O3/c1-25(2)29-7-3-4-8-30(29)32-9-5-16-42(32)28-23-38(24-28)13-18-41(19-14-38)27-10-11-31(37(44)45)33(22-27)43-17-6-20-46-36-34(43)21-26-12-15-39-35(26)40-36/h3-4,7-8,10-12,15,21-22,25,28,32H,5-6,9,13-14,16-20,23-24H2,1-2H3,(H,39,40)(H,44,45)/t32-/m0/s1. The highest BCUT2D eigenvalue weighted by Gasteiger charge is 2.50. The van der Waals surface area contributed by atoms with Gasteiger partial charge in [-0.3, -0.25) is 4.90 Å². The summed E-state index contributed by atoms with van der Waals surface area (Å²) in [6, 6.07) is 20.3. The van der Waals surface area contributed by atoms with Gasteiger partial charge in [-0.25, -0.2) is 4.79 Å². The molecule has 2 N–H and O–H groups in total. The first kappa shape index (κ1) is 29.4. The highest BCUT2D eigenvalue weighted by molar-refractivity contribution is 5.97. The maximum atomic E-state index is 12.5. The van der Waals surface area contributed by atoms with Crippen LogP contribution in [0.15, 0.2) is 60.8 Å². The van der Waals surface area contributed by atoms with E-state index in [1.165, 1.54) is 50.6 Å². The lowest BCUT2D eigenvalue weighted by molar-refractivity contribution is -0.0227. The number of aromatic nitrogens is 2. The monoisotopic (exact) mass is 619 g/mol. The van der Waals surface area contributed by atoms with E-state index in [-0.39, 0.29) is 0 Å². The van der Waals surface area contributed by atoms with Crippen LogP contribution in [0.1, 0.15) is 92.2 Å². The molecule has 5 heterocycles. The third-order valence-corrected chi connectivity index (χ3v) is 11.3. The van der Waals surface area contributed by atoms with Crippen molar-refractivity contribution in [2.45, 2.75) is 76.8 Å². The van der Waals surface area contributed by atoms with Gasteiger partial charge >= 0.3 is 5.97 Å². The number of hydrogen-bond acceptors (Lipinski definition) is 6. The third kappa shape index (κ3) is 5.11. The number of aromatic carboxylic acids is 1. The molecule has 46 heavy (non-hydrogen) atoms. The van der Waals surface area contributed by atoms with Crippen molar-refractivity contribution in [1.82, 2.24) is 14.9 Å². The Morgan fingerprint density at radius 2 is 1.83 bits per heavy atom. The van der Waals surface area contributed by atoms with Crippen molar-refractivity contribution in [3.8, 4) is 5.88 Å². The molecule has 0 amide bonds. The number of anilines is 3. The van der Waals surface area contributed by atoms with Gasteiger partial charge in [0.15, 0.2) is 0 Å². The second-order valence-electron chi connectivity index (χ2n) is 14.3. The first-order chi connectivity index (χ1) is 22.4. The Kier molecular flexibility index (Phi) is 7.43. The van der Waals surface area contributed by atoms with Crippen LogP contribution in [0, 0.1) is 5.41 Å². The summed E-state index contributed by atoms with van der Waals surface area (Å²) in [4.78, 5) is 27.7. The smallest absolute Gasteiger partial charge is 0.337 e. The fraction of sp³-hybridized carbons (Fsp3) is 0.474. The molecule has 3 fully saturated rings. The molecule has 2 saturated heterocycles. The zero-order valence-corrected chi connectivity index (χ0v) is 27.0. The number of ether oxygens (including phenoxy) is 1. The summed E-state index contributed by atoms with van der Waals surface area (Å²) in [6.45, 7) is 9.08. The quantitative estimate of drug-likeness (QED) is 0.227. The van der Waals surface area contributed by atoms with E-state index in [0.717, 1.165) is 41.9 Å². The molecule has 1 saturated carbocycles. The van der Waals surface area contributed by atoms with Crippen molar-refractivity contribution in [2.75, 3.05) is 42.6 Å². The number of carboxylic acids is 1. The van der Waals surface area contributed by atoms with Gasteiger partial charge in [-0.2, -0.15) is 4.98 Å². The Hall–Kier alpha value is -4.04. The van der Waals surface area contributed by atoms with Crippen LogP contribution in [0.5, 0.6) is 5.88 Å². The van der Waals surface area contributed by atoms with Crippen LogP contribution in [-0.2, 0) is 0 Å². The SMILES string of the molecule is CC(C)c1ccccc1[C@@H]1CCCN1C1CC2(CCN(c3ccc(C(=O)O)c(N4CCCOc5nc6[nH]ccc6cc54)c3)CC2)C1. The summed E-state index contributed by atoms with van der Waals surface area (Å²) in [5.74, 6) is 0.176. The first-order valence-corrected chi connectivity index (χ1v) is 17.2. The van der Waals surface area contributed by atoms with Crippen molar-refractivity contribution in [3.63, 3.8) is 0 Å². The third-order valence-electron chi connectivity index (χ3n) is 11.3. The summed E-state index contributed by atoms with van der Waals surface area (Å²) in [5, 5.41) is 11.2. The number of nitrogens with zero attached hydrogens (tertiary/aromatic N) is 4. The summed E-state index contributed by atoms with van der Waals surface area (Å²) in [5.41, 5.74) is 7.20. The molecule has 1 atom stereocenters. The van der Waals surface area contributed by atoms with Gasteiger partial charge in [-0.1, -0.05) is 38.1 Å². The Morgan fingerprint density at radius 3 is 2.63 bits per heavy atom. The molecular weight excluding hydrogens is 574 g/mol. The predicted octanol–water partition coefficient (Wildman–Crippen LogP) is 7.89. The van der Waals surface area contributed by atoms with Gasteiger partial charge < -0.3 is 24.6 Å². The lowest BCUT2D eigenvalue weighted by atomic mass is 9.59. The van der Waals surface area contributed by atoms with Gasteiger partial charge in [0.05, 0.1) is 17.9 Å². The summed E-state index contributed by atoms with van der Waals surface area (Å²) in [7, 11) is 0. The Labute approximate surface area is 271 Å². The predicted molar refractivity (Wildman–Crippen MR) is 183 cm³/mol. The molecule has 3 aliphatic heterocycles. The number of nitrogens with one attached hydrogen (secondary N) is 1. The maximum Gasteiger partial charge on any atom is 0.337 e. The first-order valence-electron chi connectivity index (χ1n) is 17.2. The van der Waals surface area contributed by atoms with Crippen LogP contribution in [-0.4, -0.2) is 64.8 Å². The highest BCUT2D eigenvalue weighted by Crippen LogP contribution is 2.54. The Morgan fingerprint density at radius 1 is 1.00 bits per heavy atom. The van der Waals surface area contributed by atoms with Gasteiger partial charge in [0.1, 0.15) is 11.3 Å².